The molecule has 2 heterocycles. The number of benzene rings is 3. The Morgan fingerprint density at radius 1 is 0.806 bits per heavy atom. The van der Waals surface area contributed by atoms with Crippen molar-refractivity contribution in [2.45, 2.75) is 39.0 Å². The first kappa shape index (κ1) is 24.1. The van der Waals surface area contributed by atoms with Crippen molar-refractivity contribution in [3.05, 3.63) is 124 Å². The number of carbonyl (C=O) groups excluding carboxylic acids is 1. The van der Waals surface area contributed by atoms with E-state index in [0.717, 1.165) is 19.3 Å². The molecule has 4 heteroatoms. The molecule has 0 atom stereocenters. The van der Waals surface area contributed by atoms with Gasteiger partial charge in [-0.1, -0.05) is 66.7 Å². The van der Waals surface area contributed by atoms with Crippen LogP contribution in [0.5, 0.6) is 0 Å². The van der Waals surface area contributed by atoms with Crippen molar-refractivity contribution >= 4 is 28.2 Å². The third kappa shape index (κ3) is 5.77. The molecule has 182 valence electrons. The lowest BCUT2D eigenvalue weighted by molar-refractivity contribution is -0.143. The molecule has 5 rings (SSSR count). The average Bonchev–Trinajstić information content (AvgIpc) is 3.52. The quantitative estimate of drug-likeness (QED) is 0.188. The summed E-state index contributed by atoms with van der Waals surface area (Å²) in [6, 6.07) is 30.2. The monoisotopic (exact) mass is 493 g/mol. The van der Waals surface area contributed by atoms with Gasteiger partial charge in [0, 0.05) is 18.0 Å². The molecule has 0 spiro atoms. The molecule has 2 aromatic heterocycles. The van der Waals surface area contributed by atoms with Crippen molar-refractivity contribution in [2.75, 3.05) is 6.61 Å². The first-order valence-electron chi connectivity index (χ1n) is 12.6. The molecule has 5 aromatic rings. The number of hydrogen-bond acceptors (Lipinski definition) is 3. The smallest absolute Gasteiger partial charge is 0.306 e. The summed E-state index contributed by atoms with van der Waals surface area (Å²) in [5, 5.41) is 4.77. The minimum absolute atomic E-state index is 0.135. The molecule has 0 unspecified atom stereocenters. The second-order valence-electron chi connectivity index (χ2n) is 9.12. The van der Waals surface area contributed by atoms with Crippen LogP contribution in [0.3, 0.4) is 0 Å². The number of aryl methyl sites for hydroxylation is 3. The zero-order chi connectivity index (χ0) is 24.7. The van der Waals surface area contributed by atoms with Gasteiger partial charge in [0.2, 0.25) is 0 Å². The summed E-state index contributed by atoms with van der Waals surface area (Å²) in [6.07, 6.45) is 6.32. The Labute approximate surface area is 217 Å². The molecule has 3 aromatic carbocycles. The topological polar surface area (TPSA) is 31.2 Å². The van der Waals surface area contributed by atoms with Crippen molar-refractivity contribution in [3.63, 3.8) is 0 Å². The highest BCUT2D eigenvalue weighted by atomic mass is 32.1. The maximum atomic E-state index is 11.9. The van der Waals surface area contributed by atoms with E-state index in [-0.39, 0.29) is 5.97 Å². The van der Waals surface area contributed by atoms with E-state index < -0.39 is 0 Å². The maximum Gasteiger partial charge on any atom is 0.306 e. The third-order valence-corrected chi connectivity index (χ3v) is 7.51. The van der Waals surface area contributed by atoms with Gasteiger partial charge in [0.15, 0.2) is 0 Å². The van der Waals surface area contributed by atoms with Gasteiger partial charge in [-0.2, -0.15) is 0 Å². The molecule has 0 saturated carbocycles. The van der Waals surface area contributed by atoms with Crippen molar-refractivity contribution in [3.8, 4) is 5.00 Å². The van der Waals surface area contributed by atoms with Gasteiger partial charge in [0.25, 0.3) is 0 Å². The van der Waals surface area contributed by atoms with Crippen molar-refractivity contribution in [1.82, 2.24) is 4.57 Å². The van der Waals surface area contributed by atoms with Crippen LogP contribution >= 0.6 is 11.3 Å². The molecule has 3 nitrogen and oxygen atoms in total. The van der Waals surface area contributed by atoms with Gasteiger partial charge in [-0.05, 0) is 84.0 Å². The molecule has 0 aliphatic rings. The fourth-order valence-corrected chi connectivity index (χ4v) is 5.61. The number of hydrogen-bond donors (Lipinski definition) is 0. The summed E-state index contributed by atoms with van der Waals surface area (Å²) >= 11 is 1.79. The van der Waals surface area contributed by atoms with Crippen molar-refractivity contribution in [1.29, 1.82) is 0 Å². The first-order valence-corrected chi connectivity index (χ1v) is 13.5. The molecule has 0 radical (unpaired) electrons. The lowest BCUT2D eigenvalue weighted by Gasteiger charge is -2.05. The van der Waals surface area contributed by atoms with E-state index in [1.54, 1.807) is 11.3 Å². The first-order chi connectivity index (χ1) is 17.7. The minimum atomic E-state index is -0.135. The molecule has 0 aliphatic carbocycles. The Bertz CT molecular complexity index is 1430. The van der Waals surface area contributed by atoms with Gasteiger partial charge >= 0.3 is 5.97 Å². The van der Waals surface area contributed by atoms with Crippen LogP contribution in [0, 0.1) is 0 Å². The van der Waals surface area contributed by atoms with Gasteiger partial charge in [-0.3, -0.25) is 4.79 Å². The summed E-state index contributed by atoms with van der Waals surface area (Å²) in [7, 11) is 0. The van der Waals surface area contributed by atoms with E-state index in [1.165, 1.54) is 43.7 Å². The number of aromatic nitrogens is 1. The maximum absolute atomic E-state index is 11.9. The Kier molecular flexibility index (Phi) is 7.63. The molecule has 0 saturated heterocycles. The molecule has 0 N–H and O–H groups in total. The van der Waals surface area contributed by atoms with Gasteiger partial charge in [-0.25, -0.2) is 0 Å². The van der Waals surface area contributed by atoms with Gasteiger partial charge in [-0.15, -0.1) is 11.3 Å². The summed E-state index contributed by atoms with van der Waals surface area (Å²) in [5.41, 5.74) is 7.73. The number of rotatable bonds is 10. The van der Waals surface area contributed by atoms with Crippen molar-refractivity contribution in [2.24, 2.45) is 0 Å². The van der Waals surface area contributed by atoms with Crippen LogP contribution in [0.4, 0.5) is 0 Å². The highest BCUT2D eigenvalue weighted by Gasteiger charge is 2.14. The van der Waals surface area contributed by atoms with E-state index in [9.17, 15) is 4.79 Å². The summed E-state index contributed by atoms with van der Waals surface area (Å²) in [4.78, 5) is 11.9. The van der Waals surface area contributed by atoms with Gasteiger partial charge in [0.1, 0.15) is 0 Å². The molecular formula is C32H31NO2S. The lowest BCUT2D eigenvalue weighted by atomic mass is 10.0. The highest BCUT2D eigenvalue weighted by molar-refractivity contribution is 7.12. The molecule has 0 aliphatic heterocycles. The third-order valence-electron chi connectivity index (χ3n) is 6.53. The Morgan fingerprint density at radius 2 is 1.56 bits per heavy atom. The van der Waals surface area contributed by atoms with E-state index >= 15 is 0 Å². The fraction of sp³-hybridized carbons (Fsp3) is 0.219. The van der Waals surface area contributed by atoms with E-state index in [4.69, 9.17) is 4.74 Å². The van der Waals surface area contributed by atoms with Gasteiger partial charge in [0.05, 0.1) is 17.1 Å². The second kappa shape index (κ2) is 11.4. The number of fused-ring (bicyclic) bond motifs is 1. The van der Waals surface area contributed by atoms with E-state index in [0.29, 0.717) is 19.4 Å². The van der Waals surface area contributed by atoms with Crippen LogP contribution in [0.25, 0.3) is 15.9 Å². The van der Waals surface area contributed by atoms with Crippen LogP contribution in [0.2, 0.25) is 0 Å². The molecule has 36 heavy (non-hydrogen) atoms. The van der Waals surface area contributed by atoms with Crippen LogP contribution in [0.1, 0.15) is 41.2 Å². The molecule has 0 bridgehead atoms. The number of esters is 1. The van der Waals surface area contributed by atoms with Crippen LogP contribution in [0.15, 0.2) is 96.5 Å². The van der Waals surface area contributed by atoms with Crippen LogP contribution < -0.4 is 0 Å². The molecule has 0 amide bonds. The number of nitrogens with zero attached hydrogens (tertiary/aromatic N) is 1. The lowest BCUT2D eigenvalue weighted by Crippen LogP contribution is -2.05. The van der Waals surface area contributed by atoms with Crippen molar-refractivity contribution < 1.29 is 9.53 Å². The second-order valence-corrected chi connectivity index (χ2v) is 10.0. The largest absolute Gasteiger partial charge is 0.466 e. The average molecular weight is 494 g/mol. The van der Waals surface area contributed by atoms with Gasteiger partial charge < -0.3 is 9.30 Å². The molecule has 0 fully saturated rings. The highest BCUT2D eigenvalue weighted by Crippen LogP contribution is 2.31. The molecular weight excluding hydrogens is 462 g/mol. The van der Waals surface area contributed by atoms with E-state index in [1.807, 2.05) is 6.92 Å². The Balaban J connectivity index is 1.44. The standard InChI is InChI=1S/C32H31NO2S/c1-2-35-32(34)18-15-26-14-17-30-29(20-26)28(16-13-24-9-5-3-6-10-24)22-33(30)31-21-27(23-36-31)19-25-11-7-4-8-12-25/h3-12,14,17,20-23H,2,13,15-16,18-19H2,1H3. The van der Waals surface area contributed by atoms with E-state index in [2.05, 4.69) is 101 Å². The number of carbonyl (C=O) groups is 1. The summed E-state index contributed by atoms with van der Waals surface area (Å²) < 4.78 is 7.46. The van der Waals surface area contributed by atoms with Crippen LogP contribution in [-0.4, -0.2) is 17.1 Å². The Hall–Kier alpha value is -3.63. The predicted octanol–water partition coefficient (Wildman–Crippen LogP) is 7.56. The summed E-state index contributed by atoms with van der Waals surface area (Å²) in [5.74, 6) is -0.135. The zero-order valence-corrected chi connectivity index (χ0v) is 21.5. The zero-order valence-electron chi connectivity index (χ0n) is 20.7. The SMILES string of the molecule is CCOC(=O)CCc1ccc2c(c1)c(CCc1ccccc1)cn2-c1cc(Cc2ccccc2)cs1. The normalized spacial score (nSPS) is 11.1. The number of ether oxygens (including phenoxy) is 1. The number of thiophene rings is 1. The predicted molar refractivity (Wildman–Crippen MR) is 149 cm³/mol. The minimum Gasteiger partial charge on any atom is -0.466 e. The Morgan fingerprint density at radius 3 is 2.31 bits per heavy atom. The fourth-order valence-electron chi connectivity index (χ4n) is 4.70. The van der Waals surface area contributed by atoms with Crippen LogP contribution in [-0.2, 0) is 35.2 Å². The summed E-state index contributed by atoms with van der Waals surface area (Å²) in [6.45, 7) is 2.28.